The van der Waals surface area contributed by atoms with Crippen molar-refractivity contribution in [3.8, 4) is 5.75 Å². The van der Waals surface area contributed by atoms with Gasteiger partial charge in [0.2, 0.25) is 0 Å². The van der Waals surface area contributed by atoms with Gasteiger partial charge in [-0.25, -0.2) is 0 Å². The molecule has 1 N–H and O–H groups in total. The van der Waals surface area contributed by atoms with Gasteiger partial charge in [-0.3, -0.25) is 4.98 Å². The molecule has 1 aromatic carbocycles. The summed E-state index contributed by atoms with van der Waals surface area (Å²) < 4.78 is 11.2. The van der Waals surface area contributed by atoms with Crippen LogP contribution in [0, 0.1) is 6.92 Å². The molecule has 0 saturated carbocycles. The molecular weight excluding hydrogens is 276 g/mol. The van der Waals surface area contributed by atoms with Crippen LogP contribution in [0.15, 0.2) is 24.4 Å². The van der Waals surface area contributed by atoms with Crippen molar-refractivity contribution in [2.24, 2.45) is 0 Å². The number of aryl methyl sites for hydroxylation is 1. The van der Waals surface area contributed by atoms with E-state index in [0.29, 0.717) is 12.1 Å². The Morgan fingerprint density at radius 2 is 2.32 bits per heavy atom. The molecule has 1 aromatic heterocycles. The van der Waals surface area contributed by atoms with Crippen molar-refractivity contribution in [2.45, 2.75) is 45.3 Å². The molecular formula is C18H24N2O2. The Labute approximate surface area is 131 Å². The summed E-state index contributed by atoms with van der Waals surface area (Å²) in [6.07, 6.45) is 5.70. The van der Waals surface area contributed by atoms with E-state index in [0.717, 1.165) is 40.9 Å². The minimum Gasteiger partial charge on any atom is -0.494 e. The van der Waals surface area contributed by atoms with Gasteiger partial charge in [-0.05, 0) is 44.7 Å². The molecule has 4 nitrogen and oxygen atoms in total. The van der Waals surface area contributed by atoms with Crippen molar-refractivity contribution in [3.05, 3.63) is 30.0 Å². The summed E-state index contributed by atoms with van der Waals surface area (Å²) in [7, 11) is 1.68. The van der Waals surface area contributed by atoms with E-state index in [9.17, 15) is 0 Å². The van der Waals surface area contributed by atoms with Crippen LogP contribution in [0.1, 0.15) is 31.7 Å². The van der Waals surface area contributed by atoms with E-state index in [1.807, 2.05) is 18.3 Å². The van der Waals surface area contributed by atoms with Crippen LogP contribution in [0.2, 0.25) is 0 Å². The fraction of sp³-hybridized carbons (Fsp3) is 0.500. The number of nitrogens with one attached hydrogen (secondary N) is 1. The average molecular weight is 300 g/mol. The number of pyridine rings is 1. The summed E-state index contributed by atoms with van der Waals surface area (Å²) in [5.41, 5.74) is 3.21. The fourth-order valence-electron chi connectivity index (χ4n) is 3.18. The van der Waals surface area contributed by atoms with Crippen molar-refractivity contribution >= 4 is 16.6 Å². The largest absolute Gasteiger partial charge is 0.494 e. The van der Waals surface area contributed by atoms with Gasteiger partial charge in [-0.2, -0.15) is 0 Å². The quantitative estimate of drug-likeness (QED) is 0.909. The van der Waals surface area contributed by atoms with Gasteiger partial charge in [0.15, 0.2) is 0 Å². The lowest BCUT2D eigenvalue weighted by atomic mass is 10.1. The van der Waals surface area contributed by atoms with Crippen LogP contribution >= 0.6 is 0 Å². The van der Waals surface area contributed by atoms with Crippen molar-refractivity contribution in [1.82, 2.24) is 4.98 Å². The smallest absolute Gasteiger partial charge is 0.145 e. The Kier molecular flexibility index (Phi) is 4.48. The molecule has 1 aliphatic rings. The predicted molar refractivity (Wildman–Crippen MR) is 89.7 cm³/mol. The Morgan fingerprint density at radius 3 is 3.05 bits per heavy atom. The normalized spacial score (nSPS) is 19.3. The molecule has 2 atom stereocenters. The lowest BCUT2D eigenvalue weighted by Gasteiger charge is -2.21. The fourth-order valence-corrected chi connectivity index (χ4v) is 3.18. The van der Waals surface area contributed by atoms with Gasteiger partial charge >= 0.3 is 0 Å². The number of anilines is 1. The lowest BCUT2D eigenvalue weighted by Crippen LogP contribution is -2.22. The maximum atomic E-state index is 5.74. The molecule has 0 radical (unpaired) electrons. The van der Waals surface area contributed by atoms with Gasteiger partial charge < -0.3 is 14.8 Å². The molecule has 2 heterocycles. The maximum absolute atomic E-state index is 5.74. The zero-order chi connectivity index (χ0) is 15.5. The number of fused-ring (bicyclic) bond motifs is 1. The molecule has 1 saturated heterocycles. The van der Waals surface area contributed by atoms with Gasteiger partial charge in [0.05, 0.1) is 13.2 Å². The Hall–Kier alpha value is -1.81. The third kappa shape index (κ3) is 3.02. The van der Waals surface area contributed by atoms with E-state index in [-0.39, 0.29) is 0 Å². The number of para-hydroxylation sites is 1. The first-order valence-corrected chi connectivity index (χ1v) is 7.99. The molecule has 0 amide bonds. The summed E-state index contributed by atoms with van der Waals surface area (Å²) in [5, 5.41) is 4.77. The number of hydrogen-bond acceptors (Lipinski definition) is 4. The predicted octanol–water partition coefficient (Wildman–Crippen LogP) is 3.92. The first-order valence-electron chi connectivity index (χ1n) is 7.99. The zero-order valence-electron chi connectivity index (χ0n) is 13.6. The van der Waals surface area contributed by atoms with Gasteiger partial charge in [-0.15, -0.1) is 0 Å². The highest BCUT2D eigenvalue weighted by Crippen LogP contribution is 2.32. The Bertz CT molecular complexity index is 651. The first-order chi connectivity index (χ1) is 10.7. The molecule has 0 aliphatic carbocycles. The summed E-state index contributed by atoms with van der Waals surface area (Å²) >= 11 is 0. The topological polar surface area (TPSA) is 43.4 Å². The summed E-state index contributed by atoms with van der Waals surface area (Å²) in [5.74, 6) is 0.812. The van der Waals surface area contributed by atoms with Crippen LogP contribution in [-0.2, 0) is 4.74 Å². The molecule has 1 fully saturated rings. The van der Waals surface area contributed by atoms with E-state index in [2.05, 4.69) is 30.2 Å². The molecule has 1 aliphatic heterocycles. The molecule has 0 spiro atoms. The average Bonchev–Trinajstić information content (AvgIpc) is 3.02. The van der Waals surface area contributed by atoms with Crippen molar-refractivity contribution < 1.29 is 9.47 Å². The highest BCUT2D eigenvalue weighted by molar-refractivity contribution is 5.96. The summed E-state index contributed by atoms with van der Waals surface area (Å²) in [6.45, 7) is 5.21. The number of methoxy groups -OCH3 is 1. The van der Waals surface area contributed by atoms with Gasteiger partial charge in [0.1, 0.15) is 11.3 Å². The Morgan fingerprint density at radius 1 is 1.45 bits per heavy atom. The molecule has 118 valence electrons. The van der Waals surface area contributed by atoms with Crippen LogP contribution in [0.4, 0.5) is 5.69 Å². The first kappa shape index (κ1) is 15.1. The standard InChI is InChI=1S/C18H24N2O2/c1-12-11-19-18-15(7-4-8-16(18)21-3)17(12)20-13(2)10-14-6-5-9-22-14/h4,7-8,11,13-14H,5-6,9-10H2,1-3H3,(H,19,20). The zero-order valence-corrected chi connectivity index (χ0v) is 13.6. The minimum atomic E-state index is 0.360. The molecule has 22 heavy (non-hydrogen) atoms. The van der Waals surface area contributed by atoms with Crippen molar-refractivity contribution in [3.63, 3.8) is 0 Å². The van der Waals surface area contributed by atoms with Crippen molar-refractivity contribution in [1.29, 1.82) is 0 Å². The Balaban J connectivity index is 1.87. The molecule has 2 aromatic rings. The molecule has 0 bridgehead atoms. The van der Waals surface area contributed by atoms with E-state index in [1.165, 1.54) is 12.8 Å². The number of aromatic nitrogens is 1. The van der Waals surface area contributed by atoms with E-state index in [4.69, 9.17) is 9.47 Å². The molecule has 2 unspecified atom stereocenters. The van der Waals surface area contributed by atoms with E-state index < -0.39 is 0 Å². The molecule has 4 heteroatoms. The number of ether oxygens (including phenoxy) is 2. The van der Waals surface area contributed by atoms with E-state index in [1.54, 1.807) is 7.11 Å². The van der Waals surface area contributed by atoms with Crippen LogP contribution in [0.25, 0.3) is 10.9 Å². The van der Waals surface area contributed by atoms with Crippen LogP contribution in [-0.4, -0.2) is 30.8 Å². The molecule has 3 rings (SSSR count). The number of benzene rings is 1. The second-order valence-corrected chi connectivity index (χ2v) is 6.09. The third-order valence-corrected chi connectivity index (χ3v) is 4.30. The maximum Gasteiger partial charge on any atom is 0.145 e. The number of rotatable bonds is 5. The minimum absolute atomic E-state index is 0.360. The van der Waals surface area contributed by atoms with Gasteiger partial charge in [0, 0.05) is 29.9 Å². The monoisotopic (exact) mass is 300 g/mol. The number of hydrogen-bond donors (Lipinski definition) is 1. The van der Waals surface area contributed by atoms with Crippen LogP contribution in [0.5, 0.6) is 5.75 Å². The highest BCUT2D eigenvalue weighted by Gasteiger charge is 2.19. The van der Waals surface area contributed by atoms with Gasteiger partial charge in [0.25, 0.3) is 0 Å². The SMILES string of the molecule is COc1cccc2c(NC(C)CC3CCCO3)c(C)cnc12. The summed E-state index contributed by atoms with van der Waals surface area (Å²) in [6, 6.07) is 6.42. The summed E-state index contributed by atoms with van der Waals surface area (Å²) in [4.78, 5) is 4.53. The second-order valence-electron chi connectivity index (χ2n) is 6.09. The number of nitrogens with zero attached hydrogens (tertiary/aromatic N) is 1. The second kappa shape index (κ2) is 6.53. The van der Waals surface area contributed by atoms with Gasteiger partial charge in [-0.1, -0.05) is 12.1 Å². The lowest BCUT2D eigenvalue weighted by molar-refractivity contribution is 0.101. The van der Waals surface area contributed by atoms with Crippen LogP contribution < -0.4 is 10.1 Å². The van der Waals surface area contributed by atoms with Crippen LogP contribution in [0.3, 0.4) is 0 Å². The van der Waals surface area contributed by atoms with Crippen molar-refractivity contribution in [2.75, 3.05) is 19.0 Å². The highest BCUT2D eigenvalue weighted by atomic mass is 16.5. The van der Waals surface area contributed by atoms with E-state index >= 15 is 0 Å². The third-order valence-electron chi connectivity index (χ3n) is 4.30.